The Bertz CT molecular complexity index is 418. The average Bonchev–Trinajstić information content (AvgIpc) is 3.06. The SMILES string of the molecule is ClCCCc1cn(C2CCOC3(CCOC3)C2)nn1. The van der Waals surface area contributed by atoms with Crippen molar-refractivity contribution in [3.8, 4) is 0 Å². The average molecular weight is 286 g/mol. The minimum Gasteiger partial charge on any atom is -0.378 e. The molecule has 0 aromatic carbocycles. The van der Waals surface area contributed by atoms with Crippen LogP contribution in [0, 0.1) is 0 Å². The van der Waals surface area contributed by atoms with Gasteiger partial charge in [0.25, 0.3) is 0 Å². The van der Waals surface area contributed by atoms with Crippen LogP contribution in [-0.4, -0.2) is 46.3 Å². The van der Waals surface area contributed by atoms with Gasteiger partial charge in [0.1, 0.15) is 0 Å². The van der Waals surface area contributed by atoms with Crippen LogP contribution >= 0.6 is 11.6 Å². The lowest BCUT2D eigenvalue weighted by atomic mass is 9.90. The number of hydrogen-bond donors (Lipinski definition) is 0. The van der Waals surface area contributed by atoms with Gasteiger partial charge in [-0.15, -0.1) is 16.7 Å². The maximum absolute atomic E-state index is 5.95. The molecule has 6 heteroatoms. The summed E-state index contributed by atoms with van der Waals surface area (Å²) in [7, 11) is 0. The Morgan fingerprint density at radius 3 is 3.21 bits per heavy atom. The molecule has 2 aliphatic rings. The zero-order chi connectivity index (χ0) is 13.1. The van der Waals surface area contributed by atoms with E-state index >= 15 is 0 Å². The number of aryl methyl sites for hydroxylation is 1. The van der Waals surface area contributed by atoms with Crippen LogP contribution in [0.1, 0.15) is 37.4 Å². The van der Waals surface area contributed by atoms with Gasteiger partial charge in [0.05, 0.1) is 23.9 Å². The zero-order valence-electron chi connectivity index (χ0n) is 11.1. The van der Waals surface area contributed by atoms with E-state index in [1.54, 1.807) is 0 Å². The Hall–Kier alpha value is -0.650. The number of aromatic nitrogens is 3. The topological polar surface area (TPSA) is 49.2 Å². The van der Waals surface area contributed by atoms with Crippen LogP contribution in [0.3, 0.4) is 0 Å². The first kappa shape index (κ1) is 13.3. The Morgan fingerprint density at radius 1 is 1.47 bits per heavy atom. The second kappa shape index (κ2) is 5.77. The highest BCUT2D eigenvalue weighted by Crippen LogP contribution is 2.37. The molecule has 2 atom stereocenters. The van der Waals surface area contributed by atoms with E-state index in [0.29, 0.717) is 11.9 Å². The van der Waals surface area contributed by atoms with E-state index in [-0.39, 0.29) is 5.60 Å². The van der Waals surface area contributed by atoms with E-state index in [1.807, 2.05) is 4.68 Å². The molecule has 1 spiro atoms. The summed E-state index contributed by atoms with van der Waals surface area (Å²) in [5.41, 5.74) is 0.953. The van der Waals surface area contributed by atoms with E-state index in [2.05, 4.69) is 16.5 Å². The highest BCUT2D eigenvalue weighted by atomic mass is 35.5. The van der Waals surface area contributed by atoms with Crippen LogP contribution < -0.4 is 0 Å². The lowest BCUT2D eigenvalue weighted by molar-refractivity contribution is -0.0964. The molecule has 1 aromatic heterocycles. The van der Waals surface area contributed by atoms with Crippen molar-refractivity contribution in [3.63, 3.8) is 0 Å². The van der Waals surface area contributed by atoms with Crippen molar-refractivity contribution >= 4 is 11.6 Å². The molecular weight excluding hydrogens is 266 g/mol. The second-order valence-electron chi connectivity index (χ2n) is 5.46. The summed E-state index contributed by atoms with van der Waals surface area (Å²) in [5, 5.41) is 8.50. The standard InChI is InChI=1S/C13H20ClN3O2/c14-5-1-2-11-9-17(16-15-11)12-3-6-19-13(8-12)4-7-18-10-13/h9,12H,1-8,10H2. The summed E-state index contributed by atoms with van der Waals surface area (Å²) >= 11 is 5.70. The number of halogens is 1. The van der Waals surface area contributed by atoms with Gasteiger partial charge in [0.15, 0.2) is 0 Å². The van der Waals surface area contributed by atoms with Crippen LogP contribution in [0.2, 0.25) is 0 Å². The minimum atomic E-state index is -0.0782. The monoisotopic (exact) mass is 285 g/mol. The van der Waals surface area contributed by atoms with Crippen molar-refractivity contribution in [2.45, 2.75) is 43.7 Å². The van der Waals surface area contributed by atoms with Gasteiger partial charge < -0.3 is 9.47 Å². The summed E-state index contributed by atoms with van der Waals surface area (Å²) in [5.74, 6) is 0.671. The van der Waals surface area contributed by atoms with Crippen LogP contribution in [0.4, 0.5) is 0 Å². The van der Waals surface area contributed by atoms with Gasteiger partial charge in [-0.2, -0.15) is 0 Å². The maximum Gasteiger partial charge on any atom is 0.0957 e. The number of rotatable bonds is 4. The third-order valence-corrected chi connectivity index (χ3v) is 4.30. The number of alkyl halides is 1. The Kier molecular flexibility index (Phi) is 4.05. The van der Waals surface area contributed by atoms with Gasteiger partial charge in [-0.05, 0) is 19.3 Å². The van der Waals surface area contributed by atoms with Gasteiger partial charge >= 0.3 is 0 Å². The number of hydrogen-bond acceptors (Lipinski definition) is 4. The summed E-state index contributed by atoms with van der Waals surface area (Å²) in [6.07, 6.45) is 6.89. The molecule has 0 aliphatic carbocycles. The number of nitrogens with zero attached hydrogens (tertiary/aromatic N) is 3. The third-order valence-electron chi connectivity index (χ3n) is 4.03. The van der Waals surface area contributed by atoms with Crippen molar-refractivity contribution in [2.75, 3.05) is 25.7 Å². The normalized spacial score (nSPS) is 31.1. The lowest BCUT2D eigenvalue weighted by Crippen LogP contribution is -2.41. The molecule has 2 aliphatic heterocycles. The third kappa shape index (κ3) is 2.93. The predicted octanol–water partition coefficient (Wildman–Crippen LogP) is 1.96. The van der Waals surface area contributed by atoms with Gasteiger partial charge in [-0.25, -0.2) is 4.68 Å². The van der Waals surface area contributed by atoms with E-state index in [1.165, 1.54) is 0 Å². The molecule has 19 heavy (non-hydrogen) atoms. The molecule has 3 heterocycles. The molecule has 0 saturated carbocycles. The van der Waals surface area contributed by atoms with E-state index in [4.69, 9.17) is 21.1 Å². The van der Waals surface area contributed by atoms with Crippen molar-refractivity contribution in [1.82, 2.24) is 15.0 Å². The molecule has 2 saturated heterocycles. The zero-order valence-corrected chi connectivity index (χ0v) is 11.8. The maximum atomic E-state index is 5.95. The molecule has 0 amide bonds. The lowest BCUT2D eigenvalue weighted by Gasteiger charge is -2.36. The number of ether oxygens (including phenoxy) is 2. The fourth-order valence-electron chi connectivity index (χ4n) is 2.95. The van der Waals surface area contributed by atoms with Crippen molar-refractivity contribution < 1.29 is 9.47 Å². The summed E-state index contributed by atoms with van der Waals surface area (Å²) in [6.45, 7) is 2.31. The van der Waals surface area contributed by atoms with Crippen LogP contribution in [-0.2, 0) is 15.9 Å². The minimum absolute atomic E-state index is 0.0782. The summed E-state index contributed by atoms with van der Waals surface area (Å²) in [6, 6.07) is 0.382. The summed E-state index contributed by atoms with van der Waals surface area (Å²) < 4.78 is 13.4. The Balaban J connectivity index is 1.66. The molecule has 5 nitrogen and oxygen atoms in total. The quantitative estimate of drug-likeness (QED) is 0.794. The molecule has 2 unspecified atom stereocenters. The van der Waals surface area contributed by atoms with Gasteiger partial charge in [-0.3, -0.25) is 0 Å². The summed E-state index contributed by atoms with van der Waals surface area (Å²) in [4.78, 5) is 0. The van der Waals surface area contributed by atoms with E-state index in [9.17, 15) is 0 Å². The van der Waals surface area contributed by atoms with E-state index < -0.39 is 0 Å². The highest BCUT2D eigenvalue weighted by Gasteiger charge is 2.41. The molecular formula is C13H20ClN3O2. The van der Waals surface area contributed by atoms with Crippen LogP contribution in [0.15, 0.2) is 6.20 Å². The molecule has 0 N–H and O–H groups in total. The first-order valence-corrected chi connectivity index (χ1v) is 7.53. The fourth-order valence-corrected chi connectivity index (χ4v) is 3.08. The van der Waals surface area contributed by atoms with Crippen molar-refractivity contribution in [1.29, 1.82) is 0 Å². The molecule has 2 fully saturated rings. The first-order chi connectivity index (χ1) is 9.31. The fraction of sp³-hybridized carbons (Fsp3) is 0.846. The Morgan fingerprint density at radius 2 is 2.42 bits per heavy atom. The van der Waals surface area contributed by atoms with Crippen molar-refractivity contribution in [3.05, 3.63) is 11.9 Å². The van der Waals surface area contributed by atoms with Gasteiger partial charge in [0.2, 0.25) is 0 Å². The highest BCUT2D eigenvalue weighted by molar-refractivity contribution is 6.17. The first-order valence-electron chi connectivity index (χ1n) is 7.00. The van der Waals surface area contributed by atoms with Crippen LogP contribution in [0.25, 0.3) is 0 Å². The predicted molar refractivity (Wildman–Crippen MR) is 71.5 cm³/mol. The molecule has 0 bridgehead atoms. The van der Waals surface area contributed by atoms with Gasteiger partial charge in [0, 0.05) is 38.1 Å². The largest absolute Gasteiger partial charge is 0.378 e. The molecule has 106 valence electrons. The van der Waals surface area contributed by atoms with Gasteiger partial charge in [-0.1, -0.05) is 5.21 Å². The van der Waals surface area contributed by atoms with Crippen molar-refractivity contribution in [2.24, 2.45) is 0 Å². The van der Waals surface area contributed by atoms with E-state index in [0.717, 1.165) is 57.6 Å². The second-order valence-corrected chi connectivity index (χ2v) is 5.84. The molecule has 0 radical (unpaired) electrons. The smallest absolute Gasteiger partial charge is 0.0957 e. The molecule has 1 aromatic rings. The molecule has 3 rings (SSSR count). The Labute approximate surface area is 118 Å². The van der Waals surface area contributed by atoms with Crippen LogP contribution in [0.5, 0.6) is 0 Å².